The van der Waals surface area contributed by atoms with Gasteiger partial charge in [-0.2, -0.15) is 0 Å². The molecule has 7 nitrogen and oxygen atoms in total. The second-order valence-electron chi connectivity index (χ2n) is 5.15. The highest BCUT2D eigenvalue weighted by Crippen LogP contribution is 2.38. The molecule has 2 aromatic rings. The fourth-order valence-corrected chi connectivity index (χ4v) is 2.59. The monoisotopic (exact) mass is 287 g/mol. The van der Waals surface area contributed by atoms with Crippen molar-refractivity contribution in [2.24, 2.45) is 0 Å². The average Bonchev–Trinajstić information content (AvgIpc) is 2.41. The number of fused-ring (bicyclic) bond motifs is 1. The topological polar surface area (TPSA) is 105 Å². The number of aromatic nitrogens is 1. The molecular formula is C14H13N3O4. The summed E-state index contributed by atoms with van der Waals surface area (Å²) in [5.74, 6) is -0.899. The van der Waals surface area contributed by atoms with E-state index in [9.17, 15) is 20.0 Å². The maximum absolute atomic E-state index is 11.4. The van der Waals surface area contributed by atoms with Crippen molar-refractivity contribution >= 4 is 28.2 Å². The zero-order valence-corrected chi connectivity index (χ0v) is 11.1. The van der Waals surface area contributed by atoms with Gasteiger partial charge in [-0.3, -0.25) is 10.1 Å². The first-order valence-electron chi connectivity index (χ1n) is 6.57. The molecule has 108 valence electrons. The van der Waals surface area contributed by atoms with Crippen LogP contribution in [0.4, 0.5) is 11.4 Å². The maximum atomic E-state index is 11.4. The van der Waals surface area contributed by atoms with Crippen LogP contribution in [-0.2, 0) is 4.79 Å². The Bertz CT molecular complexity index is 740. The van der Waals surface area contributed by atoms with E-state index in [-0.39, 0.29) is 11.2 Å². The second kappa shape index (κ2) is 4.69. The second-order valence-corrected chi connectivity index (χ2v) is 5.15. The van der Waals surface area contributed by atoms with Gasteiger partial charge in [0.1, 0.15) is 11.1 Å². The van der Waals surface area contributed by atoms with Gasteiger partial charge >= 0.3 is 5.97 Å². The molecule has 0 unspecified atom stereocenters. The number of carboxylic acid groups (broad SMARTS) is 1. The fourth-order valence-electron chi connectivity index (χ4n) is 2.59. The summed E-state index contributed by atoms with van der Waals surface area (Å²) < 4.78 is 0. The summed E-state index contributed by atoms with van der Waals surface area (Å²) in [6.07, 6.45) is 3.42. The molecule has 1 aliphatic rings. The molecule has 0 bridgehead atoms. The number of anilines is 1. The van der Waals surface area contributed by atoms with Crippen molar-refractivity contribution < 1.29 is 14.8 Å². The summed E-state index contributed by atoms with van der Waals surface area (Å²) in [5.41, 5.74) is -0.244. The van der Waals surface area contributed by atoms with Gasteiger partial charge in [0.25, 0.3) is 5.69 Å². The van der Waals surface area contributed by atoms with Crippen LogP contribution in [0.3, 0.4) is 0 Å². The zero-order chi connectivity index (χ0) is 15.0. The number of hydrogen-bond acceptors (Lipinski definition) is 5. The number of hydrogen-bond donors (Lipinski definition) is 2. The van der Waals surface area contributed by atoms with Crippen molar-refractivity contribution in [2.75, 3.05) is 5.32 Å². The molecule has 7 heteroatoms. The van der Waals surface area contributed by atoms with Crippen LogP contribution in [0.25, 0.3) is 10.9 Å². The van der Waals surface area contributed by atoms with Crippen LogP contribution in [-0.4, -0.2) is 26.5 Å². The van der Waals surface area contributed by atoms with Gasteiger partial charge in [0.2, 0.25) is 0 Å². The predicted octanol–water partition coefficient (Wildman–Crippen LogP) is 2.56. The molecule has 0 amide bonds. The Balaban J connectivity index is 2.10. The molecule has 0 aliphatic heterocycles. The summed E-state index contributed by atoms with van der Waals surface area (Å²) in [7, 11) is 0. The highest BCUT2D eigenvalue weighted by Gasteiger charge is 2.44. The highest BCUT2D eigenvalue weighted by atomic mass is 16.6. The van der Waals surface area contributed by atoms with Gasteiger partial charge in [0, 0.05) is 23.3 Å². The van der Waals surface area contributed by atoms with Crippen molar-refractivity contribution in [3.8, 4) is 0 Å². The lowest BCUT2D eigenvalue weighted by atomic mass is 9.76. The quantitative estimate of drug-likeness (QED) is 0.661. The minimum absolute atomic E-state index is 0.0888. The van der Waals surface area contributed by atoms with Crippen LogP contribution >= 0.6 is 0 Å². The number of aliphatic carboxylic acids is 1. The molecule has 0 radical (unpaired) electrons. The third kappa shape index (κ3) is 2.06. The van der Waals surface area contributed by atoms with Gasteiger partial charge in [-0.25, -0.2) is 9.78 Å². The molecule has 1 fully saturated rings. The maximum Gasteiger partial charge on any atom is 0.329 e. The van der Waals surface area contributed by atoms with E-state index in [1.807, 2.05) is 0 Å². The van der Waals surface area contributed by atoms with E-state index in [1.54, 1.807) is 18.2 Å². The van der Waals surface area contributed by atoms with Gasteiger partial charge in [-0.15, -0.1) is 0 Å². The lowest BCUT2D eigenvalue weighted by Crippen LogP contribution is -2.52. The Morgan fingerprint density at radius 2 is 2.14 bits per heavy atom. The zero-order valence-electron chi connectivity index (χ0n) is 11.1. The number of nitrogens with one attached hydrogen (secondary N) is 1. The van der Waals surface area contributed by atoms with E-state index in [1.165, 1.54) is 12.3 Å². The van der Waals surface area contributed by atoms with Crippen LogP contribution in [0, 0.1) is 10.1 Å². The van der Waals surface area contributed by atoms with Gasteiger partial charge in [-0.05, 0) is 37.5 Å². The lowest BCUT2D eigenvalue weighted by molar-refractivity contribution is -0.383. The molecule has 1 aromatic heterocycles. The minimum atomic E-state index is -0.973. The van der Waals surface area contributed by atoms with E-state index < -0.39 is 16.4 Å². The number of carboxylic acids is 1. The molecular weight excluding hydrogens is 274 g/mol. The molecule has 2 N–H and O–H groups in total. The average molecular weight is 287 g/mol. The first-order valence-corrected chi connectivity index (χ1v) is 6.57. The molecule has 1 saturated carbocycles. The summed E-state index contributed by atoms with van der Waals surface area (Å²) in [5, 5.41) is 24.0. The number of nitro benzene ring substituents is 1. The Morgan fingerprint density at radius 1 is 1.38 bits per heavy atom. The van der Waals surface area contributed by atoms with Crippen LogP contribution in [0.15, 0.2) is 30.5 Å². The molecule has 1 heterocycles. The highest BCUT2D eigenvalue weighted by molar-refractivity contribution is 5.98. The van der Waals surface area contributed by atoms with Crippen LogP contribution < -0.4 is 5.32 Å². The predicted molar refractivity (Wildman–Crippen MR) is 76.2 cm³/mol. The van der Waals surface area contributed by atoms with E-state index in [0.717, 1.165) is 6.42 Å². The normalized spacial score (nSPS) is 16.2. The summed E-state index contributed by atoms with van der Waals surface area (Å²) in [6, 6.07) is 6.27. The summed E-state index contributed by atoms with van der Waals surface area (Å²) >= 11 is 0. The van der Waals surface area contributed by atoms with E-state index in [2.05, 4.69) is 10.3 Å². The minimum Gasteiger partial charge on any atom is -0.480 e. The fraction of sp³-hybridized carbons (Fsp3) is 0.286. The lowest BCUT2D eigenvalue weighted by Gasteiger charge is -2.39. The number of rotatable bonds is 4. The first-order chi connectivity index (χ1) is 10.0. The third-order valence-corrected chi connectivity index (χ3v) is 3.94. The Morgan fingerprint density at radius 3 is 2.71 bits per heavy atom. The number of benzene rings is 1. The van der Waals surface area contributed by atoms with Gasteiger partial charge in [0.05, 0.1) is 4.92 Å². The van der Waals surface area contributed by atoms with Crippen LogP contribution in [0.1, 0.15) is 19.3 Å². The first kappa shape index (κ1) is 13.3. The Hall–Kier alpha value is -2.70. The largest absolute Gasteiger partial charge is 0.480 e. The molecule has 1 aromatic carbocycles. The van der Waals surface area contributed by atoms with Gasteiger partial charge < -0.3 is 10.4 Å². The standard InChI is InChI=1S/C14H13N3O4/c18-13(19)14(6-2-7-14)16-10-4-5-11(17(20)21)12-9(10)3-1-8-15-12/h1,3-5,8,16H,2,6-7H2,(H,18,19). The van der Waals surface area contributed by atoms with E-state index in [0.29, 0.717) is 23.9 Å². The van der Waals surface area contributed by atoms with Crippen molar-refractivity contribution in [1.82, 2.24) is 4.98 Å². The third-order valence-electron chi connectivity index (χ3n) is 3.94. The number of nitro groups is 1. The van der Waals surface area contributed by atoms with Crippen molar-refractivity contribution in [2.45, 2.75) is 24.8 Å². The Labute approximate surface area is 119 Å². The molecule has 1 aliphatic carbocycles. The van der Waals surface area contributed by atoms with Crippen molar-refractivity contribution in [1.29, 1.82) is 0 Å². The summed E-state index contributed by atoms with van der Waals surface area (Å²) in [6.45, 7) is 0. The van der Waals surface area contributed by atoms with Crippen molar-refractivity contribution in [3.63, 3.8) is 0 Å². The number of nitrogens with zero attached hydrogens (tertiary/aromatic N) is 2. The molecule has 21 heavy (non-hydrogen) atoms. The van der Waals surface area contributed by atoms with E-state index >= 15 is 0 Å². The number of non-ortho nitro benzene ring substituents is 1. The molecule has 0 saturated heterocycles. The number of pyridine rings is 1. The molecule has 0 spiro atoms. The Kier molecular flexibility index (Phi) is 2.97. The van der Waals surface area contributed by atoms with Gasteiger partial charge in [-0.1, -0.05) is 0 Å². The molecule has 3 rings (SSSR count). The van der Waals surface area contributed by atoms with Crippen LogP contribution in [0.2, 0.25) is 0 Å². The van der Waals surface area contributed by atoms with Crippen LogP contribution in [0.5, 0.6) is 0 Å². The molecule has 0 atom stereocenters. The SMILES string of the molecule is O=C(O)C1(Nc2ccc([N+](=O)[O-])c3ncccc23)CCC1. The summed E-state index contributed by atoms with van der Waals surface area (Å²) in [4.78, 5) is 26.0. The number of carbonyl (C=O) groups is 1. The van der Waals surface area contributed by atoms with Gasteiger partial charge in [0.15, 0.2) is 0 Å². The van der Waals surface area contributed by atoms with E-state index in [4.69, 9.17) is 0 Å². The smallest absolute Gasteiger partial charge is 0.329 e. The van der Waals surface area contributed by atoms with Crippen molar-refractivity contribution in [3.05, 3.63) is 40.6 Å².